The molecular formula is C56H67F2N11O6S2. The van der Waals surface area contributed by atoms with Crippen LogP contribution in [-0.2, 0) is 28.7 Å². The standard InChI is InChI=1S/C28H32FN5O3S.C27H31FN4O3S.CH4N2/c1-17(31-16-30)26(35)33-25(18-10-13-37-14-11-18)28(36)34-12-4-7-24(34)27-32-23(15-38-27)21-8-9-22(29)20-6-3-2-5-19(20)21;1-16(29)25(33)31-24(17-10-13-35-14-11-17)27(34)32-12-4-7-23(32)26-30-22(15-36-26)20-8-9-21(28)19-6-3-2-5-18(19)20;2-1-3/h2-3,5-6,8-9,15-18,24-25H,4,7,10-14H2,1H3,(H2,30,31)(H,33,35);2-3,5-6,8-9,15-17,23-24H,4,7,10-14,29H2,1H3,(H,31,33);1H,(H3,2,3)/t17-,24-,25-;16-,23-,24-;/m00./s1. The first-order valence-corrected chi connectivity index (χ1v) is 27.9. The van der Waals surface area contributed by atoms with Crippen LogP contribution >= 0.6 is 22.7 Å². The number of hydrogen-bond donors (Lipinski definition) is 6. The molecule has 4 amide bonds. The smallest absolute Gasteiger partial charge is 0.246 e. The molecule has 6 atom stereocenters. The highest BCUT2D eigenvalue weighted by molar-refractivity contribution is 7.10. The predicted octanol–water partition coefficient (Wildman–Crippen LogP) is 7.63. The molecule has 0 aliphatic carbocycles. The van der Waals surface area contributed by atoms with Crippen molar-refractivity contribution in [3.8, 4) is 22.5 Å². The Kier molecular flexibility index (Phi) is 19.4. The van der Waals surface area contributed by atoms with E-state index in [-0.39, 0.29) is 59.2 Å². The molecule has 0 spiro atoms. The summed E-state index contributed by atoms with van der Waals surface area (Å²) in [6, 6.07) is 18.2. The van der Waals surface area contributed by atoms with E-state index in [0.29, 0.717) is 76.0 Å². The fourth-order valence-corrected chi connectivity index (χ4v) is 12.6. The van der Waals surface area contributed by atoms with Crippen LogP contribution in [0.3, 0.4) is 0 Å². The first-order valence-electron chi connectivity index (χ1n) is 26.2. The molecule has 4 aliphatic heterocycles. The number of ether oxygens (including phenoxy) is 2. The molecule has 408 valence electrons. The lowest BCUT2D eigenvalue weighted by Gasteiger charge is -2.34. The third kappa shape index (κ3) is 13.2. The molecule has 0 unspecified atom stereocenters. The third-order valence-corrected chi connectivity index (χ3v) is 16.6. The van der Waals surface area contributed by atoms with E-state index in [1.54, 1.807) is 38.1 Å². The zero-order valence-electron chi connectivity index (χ0n) is 43.2. The van der Waals surface area contributed by atoms with E-state index in [1.165, 1.54) is 34.8 Å². The van der Waals surface area contributed by atoms with Crippen molar-refractivity contribution in [2.24, 2.45) is 34.0 Å². The van der Waals surface area contributed by atoms with Crippen LogP contribution in [0.5, 0.6) is 0 Å². The summed E-state index contributed by atoms with van der Waals surface area (Å²) < 4.78 is 39.7. The van der Waals surface area contributed by atoms with Gasteiger partial charge in [-0.15, -0.1) is 22.7 Å². The number of benzene rings is 4. The summed E-state index contributed by atoms with van der Waals surface area (Å²) in [6.07, 6.45) is 8.01. The number of carbonyl (C=O) groups excluding carboxylic acids is 4. The van der Waals surface area contributed by atoms with Crippen LogP contribution in [0.15, 0.2) is 88.5 Å². The molecule has 0 bridgehead atoms. The lowest BCUT2D eigenvalue weighted by Crippen LogP contribution is -2.55. The normalized spacial score (nSPS) is 19.6. The third-order valence-electron chi connectivity index (χ3n) is 14.7. The summed E-state index contributed by atoms with van der Waals surface area (Å²) in [6.45, 7) is 6.77. The van der Waals surface area contributed by atoms with Gasteiger partial charge in [0.1, 0.15) is 39.8 Å². The minimum atomic E-state index is -0.693. The summed E-state index contributed by atoms with van der Waals surface area (Å²) in [5, 5.41) is 20.1. The van der Waals surface area contributed by atoms with Crippen molar-refractivity contribution in [3.05, 3.63) is 105 Å². The van der Waals surface area contributed by atoms with Crippen LogP contribution in [-0.4, -0.2) is 120 Å². The molecule has 2 aromatic heterocycles. The van der Waals surface area contributed by atoms with Gasteiger partial charge < -0.3 is 47.1 Å². The maximum absolute atomic E-state index is 14.4. The number of aromatic nitrogens is 2. The largest absolute Gasteiger partial charge is 0.390 e. The van der Waals surface area contributed by atoms with Gasteiger partial charge in [0, 0.05) is 72.2 Å². The number of halogens is 2. The summed E-state index contributed by atoms with van der Waals surface area (Å²) in [7, 11) is 0. The molecular weight excluding hydrogens is 1020 g/mol. The van der Waals surface area contributed by atoms with E-state index in [4.69, 9.17) is 36.3 Å². The van der Waals surface area contributed by atoms with Crippen molar-refractivity contribution in [1.29, 1.82) is 5.41 Å². The minimum Gasteiger partial charge on any atom is -0.390 e. The lowest BCUT2D eigenvalue weighted by molar-refractivity contribution is -0.140. The molecule has 6 heterocycles. The van der Waals surface area contributed by atoms with E-state index in [0.717, 1.165) is 81.7 Å². The van der Waals surface area contributed by atoms with Gasteiger partial charge in [0.05, 0.1) is 42.2 Å². The molecule has 4 fully saturated rings. The zero-order valence-corrected chi connectivity index (χ0v) is 44.9. The van der Waals surface area contributed by atoms with Crippen molar-refractivity contribution in [2.75, 3.05) is 39.5 Å². The molecule has 4 aliphatic rings. The number of hydrogen-bond acceptors (Lipinski definition) is 13. The summed E-state index contributed by atoms with van der Waals surface area (Å²) in [5.41, 5.74) is 18.8. The molecule has 77 heavy (non-hydrogen) atoms. The summed E-state index contributed by atoms with van der Waals surface area (Å²) in [5.74, 6) is -1.36. The Morgan fingerprint density at radius 3 is 1.47 bits per heavy atom. The van der Waals surface area contributed by atoms with Crippen LogP contribution < -0.4 is 27.8 Å². The van der Waals surface area contributed by atoms with E-state index >= 15 is 0 Å². The fourth-order valence-electron chi connectivity index (χ4n) is 10.6. The van der Waals surface area contributed by atoms with Crippen molar-refractivity contribution in [2.45, 2.75) is 101 Å². The SMILES string of the molecule is C[C@H](N)C(=O)N[C@H](C(=O)N1CCC[C@H]1c1nc(-c2ccc(F)c3ccccc23)cs1)C1CCOCC1.C[C@H](N=CN)C(=O)N[C@H](C(=O)N1CCC[C@H]1c1nc(-c2ccc(F)c3ccccc23)cs1)C1CCOCC1.N=CN. The van der Waals surface area contributed by atoms with E-state index < -0.39 is 24.2 Å². The quantitative estimate of drug-likeness (QED) is 0.0484. The van der Waals surface area contributed by atoms with Crippen molar-refractivity contribution in [1.82, 2.24) is 30.4 Å². The second kappa shape index (κ2) is 26.5. The molecule has 4 aromatic carbocycles. The molecule has 4 saturated heterocycles. The molecule has 0 radical (unpaired) electrons. The summed E-state index contributed by atoms with van der Waals surface area (Å²) in [4.78, 5) is 70.7. The monoisotopic (exact) mass is 1090 g/mol. The maximum atomic E-state index is 14.4. The predicted molar refractivity (Wildman–Crippen MR) is 297 cm³/mol. The van der Waals surface area contributed by atoms with Crippen LogP contribution in [0, 0.1) is 28.9 Å². The number of nitrogens with one attached hydrogen (secondary N) is 3. The number of amides is 4. The number of carbonyl (C=O) groups is 4. The highest BCUT2D eigenvalue weighted by atomic mass is 32.1. The highest BCUT2D eigenvalue weighted by Gasteiger charge is 2.42. The lowest BCUT2D eigenvalue weighted by atomic mass is 9.90. The molecule has 21 heteroatoms. The number of nitrogens with two attached hydrogens (primary N) is 3. The van der Waals surface area contributed by atoms with Gasteiger partial charge in [-0.1, -0.05) is 48.5 Å². The van der Waals surface area contributed by atoms with Crippen molar-refractivity contribution in [3.63, 3.8) is 0 Å². The molecule has 17 nitrogen and oxygen atoms in total. The van der Waals surface area contributed by atoms with E-state index in [9.17, 15) is 28.0 Å². The van der Waals surface area contributed by atoms with Gasteiger partial charge in [0.25, 0.3) is 0 Å². The molecule has 9 N–H and O–H groups in total. The van der Waals surface area contributed by atoms with Gasteiger partial charge in [-0.05, 0) is 112 Å². The van der Waals surface area contributed by atoms with Crippen LogP contribution in [0.25, 0.3) is 44.1 Å². The van der Waals surface area contributed by atoms with Gasteiger partial charge >= 0.3 is 0 Å². The minimum absolute atomic E-state index is 0.00707. The Morgan fingerprint density at radius 1 is 0.662 bits per heavy atom. The second-order valence-electron chi connectivity index (χ2n) is 19.6. The zero-order chi connectivity index (χ0) is 54.6. The number of likely N-dealkylation sites (tertiary alicyclic amines) is 2. The summed E-state index contributed by atoms with van der Waals surface area (Å²) >= 11 is 3.02. The number of rotatable bonds is 13. The van der Waals surface area contributed by atoms with Gasteiger partial charge in [-0.3, -0.25) is 29.6 Å². The Bertz CT molecular complexity index is 3050. The highest BCUT2D eigenvalue weighted by Crippen LogP contribution is 2.41. The van der Waals surface area contributed by atoms with Gasteiger partial charge in [0.15, 0.2) is 0 Å². The molecule has 10 rings (SSSR count). The number of thiazole rings is 2. The first kappa shape index (κ1) is 56.4. The Labute approximate surface area is 454 Å². The van der Waals surface area contributed by atoms with Crippen molar-refractivity contribution >= 4 is 80.5 Å². The van der Waals surface area contributed by atoms with Crippen LogP contribution in [0.1, 0.15) is 87.3 Å². The molecule has 0 saturated carbocycles. The van der Waals surface area contributed by atoms with E-state index in [2.05, 4.69) is 21.4 Å². The fraction of sp³-hybridized carbons (Fsp3) is 0.429. The number of aliphatic imine (C=N–C) groups is 1. The second-order valence-corrected chi connectivity index (χ2v) is 21.4. The average Bonchev–Trinajstić information content (AvgIpc) is 4.32. The van der Waals surface area contributed by atoms with Crippen LogP contribution in [0.2, 0.25) is 0 Å². The Hall–Kier alpha value is -6.78. The topological polar surface area (TPSA) is 257 Å². The molecule has 6 aromatic rings. The number of nitrogens with zero attached hydrogens (tertiary/aromatic N) is 5. The van der Waals surface area contributed by atoms with E-state index in [1.807, 2.05) is 57.0 Å². The maximum Gasteiger partial charge on any atom is 0.246 e. The average molecular weight is 1090 g/mol. The van der Waals surface area contributed by atoms with Crippen LogP contribution in [0.4, 0.5) is 8.78 Å². The number of fused-ring (bicyclic) bond motifs is 2. The van der Waals surface area contributed by atoms with Gasteiger partial charge in [-0.2, -0.15) is 0 Å². The Balaban J connectivity index is 0.000000194. The van der Waals surface area contributed by atoms with Gasteiger partial charge in [0.2, 0.25) is 23.6 Å². The first-order chi connectivity index (χ1) is 37.3. The Morgan fingerprint density at radius 2 is 1.06 bits per heavy atom. The van der Waals surface area contributed by atoms with Crippen molar-refractivity contribution < 1.29 is 37.4 Å². The van der Waals surface area contributed by atoms with Gasteiger partial charge in [-0.25, -0.2) is 18.7 Å².